The molecule has 0 bridgehead atoms. The molecule has 2 aromatic rings. The fourth-order valence-electron chi connectivity index (χ4n) is 2.89. The summed E-state index contributed by atoms with van der Waals surface area (Å²) in [5, 5.41) is 0. The summed E-state index contributed by atoms with van der Waals surface area (Å²) < 4.78 is 0. The van der Waals surface area contributed by atoms with Crippen molar-refractivity contribution in [2.45, 2.75) is 62.8 Å². The van der Waals surface area contributed by atoms with Crippen LogP contribution in [0.5, 0.6) is 0 Å². The van der Waals surface area contributed by atoms with E-state index in [0.717, 1.165) is 39.7 Å². The molecule has 28 heavy (non-hydrogen) atoms. The van der Waals surface area contributed by atoms with Crippen molar-refractivity contribution < 1.29 is 0 Å². The molecule has 0 saturated heterocycles. The number of nitrogen functional groups attached to an aromatic ring is 1. The van der Waals surface area contributed by atoms with Gasteiger partial charge in [-0.1, -0.05) is 73.2 Å². The van der Waals surface area contributed by atoms with Crippen LogP contribution in [0, 0.1) is 19.8 Å². The van der Waals surface area contributed by atoms with Gasteiger partial charge < -0.3 is 5.73 Å². The van der Waals surface area contributed by atoms with E-state index in [1.54, 1.807) is 0 Å². The van der Waals surface area contributed by atoms with Crippen molar-refractivity contribution in [3.8, 4) is 0 Å². The average molecular weight is 382 g/mol. The molecule has 0 spiro atoms. The summed E-state index contributed by atoms with van der Waals surface area (Å²) in [4.78, 5) is 7.09. The number of hydrogen-bond donors (Lipinski definition) is 1. The number of nitrogens with two attached hydrogens (primary N) is 1. The first kappa shape index (κ1) is 25.4. The van der Waals surface area contributed by atoms with Crippen LogP contribution in [-0.2, 0) is 0 Å². The largest absolute Gasteiger partial charge is 0.398 e. The highest BCUT2D eigenvalue weighted by molar-refractivity contribution is 6.14. The quantitative estimate of drug-likeness (QED) is 0.540. The van der Waals surface area contributed by atoms with Gasteiger partial charge in [0.05, 0.1) is 5.69 Å². The third-order valence-corrected chi connectivity index (χ3v) is 4.32. The van der Waals surface area contributed by atoms with Crippen molar-refractivity contribution in [3.63, 3.8) is 0 Å². The highest BCUT2D eigenvalue weighted by Gasteiger charge is 2.28. The highest BCUT2D eigenvalue weighted by Crippen LogP contribution is 2.41. The topological polar surface area (TPSA) is 41.6 Å². The first-order valence-corrected chi connectivity index (χ1v) is 9.94. The van der Waals surface area contributed by atoms with E-state index in [2.05, 4.69) is 56.5 Å². The molecule has 0 amide bonds. The number of anilines is 2. The number of nitrogens with zero attached hydrogens (tertiary/aromatic N) is 2. The minimum Gasteiger partial charge on any atom is -0.398 e. The van der Waals surface area contributed by atoms with E-state index >= 15 is 0 Å². The molecule has 3 nitrogen and oxygen atoms in total. The van der Waals surface area contributed by atoms with Gasteiger partial charge in [0.2, 0.25) is 0 Å². The second-order valence-electron chi connectivity index (χ2n) is 6.42. The third-order valence-electron chi connectivity index (χ3n) is 4.32. The van der Waals surface area contributed by atoms with Gasteiger partial charge >= 0.3 is 0 Å². The minimum absolute atomic E-state index is 0. The summed E-state index contributed by atoms with van der Waals surface area (Å²) in [7, 11) is 0. The number of amidine groups is 1. The Morgan fingerprint density at radius 2 is 1.46 bits per heavy atom. The fraction of sp³-hybridized carbons (Fsp3) is 0.400. The standard InChI is InChI=1S/C20H23N3.2C2H6.CH4/c1-12(2)20-22-19-14(4)18(21)11-10-17(19)15(5)23(20)16-8-6-13(3)7-9-16;2*1-2;/h6-12H,5,21H2,1-4H3;2*1-2H3;1H4. The number of aryl methyl sites for hydroxylation is 1. The van der Waals surface area contributed by atoms with Crippen LogP contribution in [0.1, 0.15) is 65.7 Å². The van der Waals surface area contributed by atoms with Gasteiger partial charge in [-0.25, -0.2) is 4.99 Å². The molecule has 1 aliphatic heterocycles. The Morgan fingerprint density at radius 1 is 0.929 bits per heavy atom. The number of benzene rings is 2. The first-order chi connectivity index (χ1) is 12.9. The smallest absolute Gasteiger partial charge is 0.116 e. The molecule has 3 heteroatoms. The van der Waals surface area contributed by atoms with E-state index in [9.17, 15) is 0 Å². The first-order valence-electron chi connectivity index (χ1n) is 9.94. The summed E-state index contributed by atoms with van der Waals surface area (Å²) in [6.45, 7) is 20.8. The van der Waals surface area contributed by atoms with Gasteiger partial charge in [-0.3, -0.25) is 4.90 Å². The zero-order chi connectivity index (χ0) is 20.7. The molecule has 2 N–H and O–H groups in total. The Hall–Kier alpha value is -2.55. The van der Waals surface area contributed by atoms with Crippen LogP contribution in [0.3, 0.4) is 0 Å². The second-order valence-corrected chi connectivity index (χ2v) is 6.42. The van der Waals surface area contributed by atoms with E-state index in [0.29, 0.717) is 0 Å². The maximum atomic E-state index is 6.06. The van der Waals surface area contributed by atoms with Crippen molar-refractivity contribution in [1.29, 1.82) is 0 Å². The number of hydrogen-bond acceptors (Lipinski definition) is 3. The van der Waals surface area contributed by atoms with Crippen molar-refractivity contribution in [2.24, 2.45) is 10.9 Å². The molecule has 2 aromatic carbocycles. The maximum Gasteiger partial charge on any atom is 0.116 e. The normalized spacial score (nSPS) is 12.0. The molecule has 1 aliphatic rings. The van der Waals surface area contributed by atoms with Crippen molar-refractivity contribution in [1.82, 2.24) is 0 Å². The zero-order valence-electron chi connectivity index (χ0n) is 18.2. The van der Waals surface area contributed by atoms with Crippen LogP contribution in [-0.4, -0.2) is 5.84 Å². The zero-order valence-corrected chi connectivity index (χ0v) is 18.2. The minimum atomic E-state index is 0. The van der Waals surface area contributed by atoms with Crippen LogP contribution in [0.2, 0.25) is 0 Å². The van der Waals surface area contributed by atoms with Crippen molar-refractivity contribution in [3.05, 3.63) is 59.7 Å². The summed E-state index contributed by atoms with van der Waals surface area (Å²) in [5.74, 6) is 1.28. The summed E-state index contributed by atoms with van der Waals surface area (Å²) in [6.07, 6.45) is 0. The van der Waals surface area contributed by atoms with Gasteiger partial charge in [-0.15, -0.1) is 0 Å². The lowest BCUT2D eigenvalue weighted by atomic mass is 9.98. The van der Waals surface area contributed by atoms with Crippen molar-refractivity contribution in [2.75, 3.05) is 10.6 Å². The Kier molecular flexibility index (Phi) is 10.3. The summed E-state index contributed by atoms with van der Waals surface area (Å²) >= 11 is 0. The van der Waals surface area contributed by atoms with Crippen LogP contribution in [0.4, 0.5) is 17.1 Å². The van der Waals surface area contributed by atoms with E-state index in [1.165, 1.54) is 5.56 Å². The number of fused-ring (bicyclic) bond motifs is 1. The predicted molar refractivity (Wildman–Crippen MR) is 130 cm³/mol. The average Bonchev–Trinajstić information content (AvgIpc) is 2.68. The van der Waals surface area contributed by atoms with Crippen LogP contribution in [0.15, 0.2) is 48.0 Å². The molecule has 1 heterocycles. The van der Waals surface area contributed by atoms with E-state index < -0.39 is 0 Å². The summed E-state index contributed by atoms with van der Waals surface area (Å²) in [5.41, 5.74) is 13.1. The summed E-state index contributed by atoms with van der Waals surface area (Å²) in [6, 6.07) is 12.4. The van der Waals surface area contributed by atoms with E-state index in [-0.39, 0.29) is 13.3 Å². The van der Waals surface area contributed by atoms with Gasteiger partial charge in [0.15, 0.2) is 0 Å². The van der Waals surface area contributed by atoms with Crippen LogP contribution in [0.25, 0.3) is 5.70 Å². The highest BCUT2D eigenvalue weighted by atomic mass is 15.2. The Labute approximate surface area is 173 Å². The predicted octanol–water partition coefficient (Wildman–Crippen LogP) is 7.75. The van der Waals surface area contributed by atoms with E-state index in [1.807, 2.05) is 46.8 Å². The van der Waals surface area contributed by atoms with Crippen molar-refractivity contribution >= 4 is 28.6 Å². The van der Waals surface area contributed by atoms with Gasteiger partial charge in [0.1, 0.15) is 5.84 Å². The number of rotatable bonds is 2. The molecule has 0 saturated carbocycles. The molecule has 0 atom stereocenters. The fourth-order valence-corrected chi connectivity index (χ4v) is 2.89. The third kappa shape index (κ3) is 5.03. The lowest BCUT2D eigenvalue weighted by Crippen LogP contribution is -2.35. The molecular formula is C25H39N3. The number of aliphatic imine (C=N–C) groups is 1. The molecule has 3 rings (SSSR count). The van der Waals surface area contributed by atoms with Gasteiger partial charge in [-0.2, -0.15) is 0 Å². The van der Waals surface area contributed by atoms with Gasteiger partial charge in [0, 0.05) is 28.6 Å². The van der Waals surface area contributed by atoms with Gasteiger partial charge in [-0.05, 0) is 43.7 Å². The Bertz CT molecular complexity index is 799. The maximum absolute atomic E-state index is 6.06. The molecule has 0 aromatic heterocycles. The SMILES string of the molecule is C.C=C1c2ccc(N)c(C)c2N=C(C(C)C)N1c1ccc(C)cc1.CC.CC. The molecule has 0 aliphatic carbocycles. The molecule has 0 fully saturated rings. The second kappa shape index (κ2) is 11.3. The van der Waals surface area contributed by atoms with Gasteiger partial charge in [0.25, 0.3) is 0 Å². The Balaban J connectivity index is 0.00000137. The van der Waals surface area contributed by atoms with E-state index in [4.69, 9.17) is 10.7 Å². The molecular weight excluding hydrogens is 342 g/mol. The Morgan fingerprint density at radius 3 is 1.96 bits per heavy atom. The van der Waals surface area contributed by atoms with Crippen LogP contribution < -0.4 is 10.6 Å². The lowest BCUT2D eigenvalue weighted by molar-refractivity contribution is 0.863. The molecule has 0 radical (unpaired) electrons. The lowest BCUT2D eigenvalue weighted by Gasteiger charge is -2.35. The van der Waals surface area contributed by atoms with Crippen LogP contribution >= 0.6 is 0 Å². The molecule has 0 unspecified atom stereocenters. The monoisotopic (exact) mass is 381 g/mol. The molecule has 154 valence electrons.